The van der Waals surface area contributed by atoms with Crippen LogP contribution >= 0.6 is 0 Å². The minimum Gasteiger partial charge on any atom is -0.497 e. The molecule has 6 nitrogen and oxygen atoms in total. The van der Waals surface area contributed by atoms with E-state index in [1.54, 1.807) is 31.5 Å². The monoisotopic (exact) mass is 353 g/mol. The molecule has 0 spiro atoms. The highest BCUT2D eigenvalue weighted by atomic mass is 16.5. The number of pyridine rings is 1. The number of rotatable bonds is 5. The van der Waals surface area contributed by atoms with E-state index < -0.39 is 0 Å². The van der Waals surface area contributed by atoms with Gasteiger partial charge in [0, 0.05) is 32.4 Å². The van der Waals surface area contributed by atoms with Crippen molar-refractivity contribution in [1.82, 2.24) is 15.2 Å². The molecule has 1 saturated heterocycles. The molecule has 1 aromatic heterocycles. The Morgan fingerprint density at radius 1 is 1.31 bits per heavy atom. The number of carbonyl (C=O) groups excluding carboxylic acids is 2. The number of piperidine rings is 1. The van der Waals surface area contributed by atoms with E-state index >= 15 is 0 Å². The second-order valence-electron chi connectivity index (χ2n) is 6.45. The molecule has 1 N–H and O–H groups in total. The van der Waals surface area contributed by atoms with Crippen molar-refractivity contribution in [2.45, 2.75) is 25.4 Å². The largest absolute Gasteiger partial charge is 0.497 e. The summed E-state index contributed by atoms with van der Waals surface area (Å²) in [6, 6.07) is 11.0. The Bertz CT molecular complexity index is 762. The fourth-order valence-corrected chi connectivity index (χ4v) is 3.39. The Morgan fingerprint density at radius 3 is 2.73 bits per heavy atom. The van der Waals surface area contributed by atoms with E-state index in [0.29, 0.717) is 19.4 Å². The molecule has 6 heteroatoms. The molecule has 0 radical (unpaired) electrons. The number of nitrogens with zero attached hydrogens (tertiary/aromatic N) is 2. The highest BCUT2D eigenvalue weighted by Crippen LogP contribution is 2.36. The maximum absolute atomic E-state index is 12.8. The summed E-state index contributed by atoms with van der Waals surface area (Å²) in [5, 5.41) is 2.98. The normalized spacial score (nSPS) is 19.9. The van der Waals surface area contributed by atoms with Crippen LogP contribution in [0.25, 0.3) is 0 Å². The lowest BCUT2D eigenvalue weighted by Crippen LogP contribution is -2.46. The van der Waals surface area contributed by atoms with Gasteiger partial charge in [0.05, 0.1) is 19.1 Å². The Balaban J connectivity index is 1.78. The molecule has 1 aromatic carbocycles. The minimum atomic E-state index is -0.289. The molecule has 136 valence electrons. The zero-order chi connectivity index (χ0) is 18.5. The molecule has 0 aliphatic carbocycles. The third-order valence-corrected chi connectivity index (χ3v) is 4.84. The first kappa shape index (κ1) is 17.9. The molecular weight excluding hydrogens is 330 g/mol. The number of nitrogens with one attached hydrogen (secondary N) is 1. The second kappa shape index (κ2) is 7.99. The van der Waals surface area contributed by atoms with E-state index in [-0.39, 0.29) is 23.8 Å². The van der Waals surface area contributed by atoms with Crippen molar-refractivity contribution in [3.05, 3.63) is 59.9 Å². The molecule has 2 amide bonds. The number of hydrogen-bond acceptors (Lipinski definition) is 4. The number of benzene rings is 1. The van der Waals surface area contributed by atoms with Gasteiger partial charge in [0.15, 0.2) is 0 Å². The SMILES string of the molecule is COc1ccc(C2C(C(=O)NCc3cccnc3)CCC(=O)N2C)cc1. The topological polar surface area (TPSA) is 71.5 Å². The van der Waals surface area contributed by atoms with Gasteiger partial charge in [-0.2, -0.15) is 0 Å². The van der Waals surface area contributed by atoms with E-state index in [9.17, 15) is 9.59 Å². The van der Waals surface area contributed by atoms with Gasteiger partial charge in [0.25, 0.3) is 0 Å². The van der Waals surface area contributed by atoms with Crippen molar-refractivity contribution >= 4 is 11.8 Å². The number of likely N-dealkylation sites (tertiary alicyclic amines) is 1. The predicted molar refractivity (Wildman–Crippen MR) is 97.3 cm³/mol. The van der Waals surface area contributed by atoms with Crippen LogP contribution in [0.1, 0.15) is 30.0 Å². The van der Waals surface area contributed by atoms with E-state index in [1.807, 2.05) is 36.4 Å². The molecule has 3 rings (SSSR count). The average Bonchev–Trinajstić information content (AvgIpc) is 2.69. The first-order chi connectivity index (χ1) is 12.6. The Kier molecular flexibility index (Phi) is 5.51. The van der Waals surface area contributed by atoms with Crippen molar-refractivity contribution < 1.29 is 14.3 Å². The van der Waals surface area contributed by atoms with E-state index in [4.69, 9.17) is 4.74 Å². The number of methoxy groups -OCH3 is 1. The summed E-state index contributed by atoms with van der Waals surface area (Å²) in [6.45, 7) is 0.427. The fourth-order valence-electron chi connectivity index (χ4n) is 3.39. The minimum absolute atomic E-state index is 0.0472. The van der Waals surface area contributed by atoms with Crippen LogP contribution in [0.5, 0.6) is 5.75 Å². The molecule has 2 aromatic rings. The zero-order valence-corrected chi connectivity index (χ0v) is 15.0. The van der Waals surface area contributed by atoms with Gasteiger partial charge < -0.3 is 15.0 Å². The van der Waals surface area contributed by atoms with Crippen molar-refractivity contribution in [2.24, 2.45) is 5.92 Å². The molecule has 2 heterocycles. The van der Waals surface area contributed by atoms with Crippen LogP contribution in [0, 0.1) is 5.92 Å². The summed E-state index contributed by atoms with van der Waals surface area (Å²) >= 11 is 0. The van der Waals surface area contributed by atoms with Crippen LogP contribution in [0.3, 0.4) is 0 Å². The van der Waals surface area contributed by atoms with Crippen molar-refractivity contribution in [2.75, 3.05) is 14.2 Å². The summed E-state index contributed by atoms with van der Waals surface area (Å²) in [4.78, 5) is 30.8. The third-order valence-electron chi connectivity index (χ3n) is 4.84. The summed E-state index contributed by atoms with van der Waals surface area (Å²) in [7, 11) is 3.37. The first-order valence-corrected chi connectivity index (χ1v) is 8.66. The van der Waals surface area contributed by atoms with E-state index in [1.165, 1.54) is 0 Å². The predicted octanol–water partition coefficient (Wildman–Crippen LogP) is 2.32. The first-order valence-electron chi connectivity index (χ1n) is 8.66. The van der Waals surface area contributed by atoms with E-state index in [2.05, 4.69) is 10.3 Å². The summed E-state index contributed by atoms with van der Waals surface area (Å²) in [6.07, 6.45) is 4.36. The lowest BCUT2D eigenvalue weighted by atomic mass is 9.84. The molecule has 0 bridgehead atoms. The number of hydrogen-bond donors (Lipinski definition) is 1. The number of aromatic nitrogens is 1. The number of ether oxygens (including phenoxy) is 1. The number of carbonyl (C=O) groups is 2. The summed E-state index contributed by atoms with van der Waals surface area (Å²) in [5.74, 6) is 0.468. The van der Waals surface area contributed by atoms with Crippen molar-refractivity contribution in [1.29, 1.82) is 0 Å². The van der Waals surface area contributed by atoms with Crippen molar-refractivity contribution in [3.63, 3.8) is 0 Å². The van der Waals surface area contributed by atoms with Gasteiger partial charge in [-0.15, -0.1) is 0 Å². The van der Waals surface area contributed by atoms with Gasteiger partial charge in [0.1, 0.15) is 5.75 Å². The van der Waals surface area contributed by atoms with Crippen LogP contribution in [0.2, 0.25) is 0 Å². The van der Waals surface area contributed by atoms with Gasteiger partial charge in [-0.05, 0) is 35.7 Å². The molecule has 1 aliphatic rings. The lowest BCUT2D eigenvalue weighted by molar-refractivity contribution is -0.141. The van der Waals surface area contributed by atoms with Crippen molar-refractivity contribution in [3.8, 4) is 5.75 Å². The summed E-state index contributed by atoms with van der Waals surface area (Å²) < 4.78 is 5.20. The highest BCUT2D eigenvalue weighted by Gasteiger charge is 2.38. The average molecular weight is 353 g/mol. The van der Waals surface area contributed by atoms with Gasteiger partial charge in [-0.3, -0.25) is 14.6 Å². The molecule has 26 heavy (non-hydrogen) atoms. The highest BCUT2D eigenvalue weighted by molar-refractivity contribution is 5.84. The van der Waals surface area contributed by atoms with Gasteiger partial charge in [0.2, 0.25) is 11.8 Å². The standard InChI is InChI=1S/C20H23N3O3/c1-23-18(24)10-9-17(19(23)15-5-7-16(26-2)8-6-15)20(25)22-13-14-4-3-11-21-12-14/h3-8,11-12,17,19H,9-10,13H2,1-2H3,(H,22,25). The molecule has 1 aliphatic heterocycles. The van der Waals surface area contributed by atoms with E-state index in [0.717, 1.165) is 16.9 Å². The molecule has 2 unspecified atom stereocenters. The molecule has 0 saturated carbocycles. The van der Waals surface area contributed by atoms with Crippen LogP contribution < -0.4 is 10.1 Å². The van der Waals surface area contributed by atoms with Crippen LogP contribution in [0.15, 0.2) is 48.8 Å². The molecular formula is C20H23N3O3. The van der Waals surface area contributed by atoms with Crippen LogP contribution in [-0.2, 0) is 16.1 Å². The Hall–Kier alpha value is -2.89. The van der Waals surface area contributed by atoms with Crippen LogP contribution in [0.4, 0.5) is 0 Å². The maximum atomic E-state index is 12.8. The smallest absolute Gasteiger partial charge is 0.225 e. The third kappa shape index (κ3) is 3.85. The number of amides is 2. The second-order valence-corrected chi connectivity index (χ2v) is 6.45. The molecule has 2 atom stereocenters. The van der Waals surface area contributed by atoms with Gasteiger partial charge >= 0.3 is 0 Å². The van der Waals surface area contributed by atoms with Crippen LogP contribution in [-0.4, -0.2) is 35.9 Å². The summed E-state index contributed by atoms with van der Waals surface area (Å²) in [5.41, 5.74) is 1.88. The Morgan fingerprint density at radius 2 is 2.08 bits per heavy atom. The molecule has 1 fully saturated rings. The van der Waals surface area contributed by atoms with Gasteiger partial charge in [-0.25, -0.2) is 0 Å². The Labute approximate surface area is 153 Å². The maximum Gasteiger partial charge on any atom is 0.225 e. The lowest BCUT2D eigenvalue weighted by Gasteiger charge is -2.38. The van der Waals surface area contributed by atoms with Gasteiger partial charge in [-0.1, -0.05) is 18.2 Å². The quantitative estimate of drug-likeness (QED) is 0.895. The zero-order valence-electron chi connectivity index (χ0n) is 15.0. The fraction of sp³-hybridized carbons (Fsp3) is 0.350.